The van der Waals surface area contributed by atoms with Gasteiger partial charge in [0, 0.05) is 0 Å². The zero-order valence-electron chi connectivity index (χ0n) is 9.36. The minimum absolute atomic E-state index is 0.305. The topological polar surface area (TPSA) is 96.4 Å². The van der Waals surface area contributed by atoms with Crippen LogP contribution in [0.1, 0.15) is 23.8 Å². The summed E-state index contributed by atoms with van der Waals surface area (Å²) in [6, 6.07) is 1.51. The summed E-state index contributed by atoms with van der Waals surface area (Å²) in [6.07, 6.45) is -8.69. The van der Waals surface area contributed by atoms with E-state index in [9.17, 15) is 28.2 Å². The lowest BCUT2D eigenvalue weighted by molar-refractivity contribution is -0.141. The smallest absolute Gasteiger partial charge is 0.390 e. The van der Waals surface area contributed by atoms with Gasteiger partial charge in [-0.15, -0.1) is 0 Å². The Kier molecular flexibility index (Phi) is 4.72. The molecule has 4 N–H and O–H groups in total. The van der Waals surface area contributed by atoms with E-state index in [0.717, 1.165) is 6.07 Å². The Balaban J connectivity index is 3.06. The molecule has 2 unspecified atom stereocenters. The summed E-state index contributed by atoms with van der Waals surface area (Å²) in [7, 11) is 0. The molecule has 0 aromatic carbocycles. The maximum absolute atomic E-state index is 12.5. The second-order valence-corrected chi connectivity index (χ2v) is 4.18. The number of hydrogen-bond donors (Lipinski definition) is 3. The Morgan fingerprint density at radius 3 is 2.47 bits per heavy atom. The molecule has 0 aliphatic carbocycles. The Labute approximate surface area is 110 Å². The Morgan fingerprint density at radius 2 is 2.00 bits per heavy atom. The molecule has 5 nitrogen and oxygen atoms in total. The predicted octanol–water partition coefficient (Wildman–Crippen LogP) is 1.02. The van der Waals surface area contributed by atoms with Gasteiger partial charge < -0.3 is 15.9 Å². The molecule has 0 aliphatic rings. The first-order valence-electron chi connectivity index (χ1n) is 5.00. The minimum Gasteiger partial charge on any atom is -0.390 e. The molecule has 1 heterocycles. The average Bonchev–Trinajstić information content (AvgIpc) is 2.25. The van der Waals surface area contributed by atoms with Crippen molar-refractivity contribution in [3.63, 3.8) is 0 Å². The second-order valence-electron chi connectivity index (χ2n) is 3.79. The highest BCUT2D eigenvalue weighted by Crippen LogP contribution is 2.31. The van der Waals surface area contributed by atoms with Crippen molar-refractivity contribution >= 4 is 17.5 Å². The van der Waals surface area contributed by atoms with Crippen LogP contribution < -0.4 is 5.73 Å². The zero-order chi connectivity index (χ0) is 14.8. The molecule has 0 saturated carbocycles. The molecule has 1 rings (SSSR count). The van der Waals surface area contributed by atoms with E-state index in [4.69, 9.17) is 17.3 Å². The van der Waals surface area contributed by atoms with Crippen molar-refractivity contribution in [2.75, 3.05) is 0 Å². The fourth-order valence-corrected chi connectivity index (χ4v) is 1.59. The molecular formula is C10H10ClF3N2O3. The number of nitrogens with zero attached hydrogens (tertiary/aromatic N) is 1. The number of alkyl halides is 3. The van der Waals surface area contributed by atoms with Gasteiger partial charge in [0.15, 0.2) is 0 Å². The minimum atomic E-state index is -4.74. The van der Waals surface area contributed by atoms with Crippen molar-refractivity contribution in [1.29, 1.82) is 0 Å². The molecular weight excluding hydrogens is 289 g/mol. The second kappa shape index (κ2) is 5.72. The highest BCUT2D eigenvalue weighted by atomic mass is 35.5. The quantitative estimate of drug-likeness (QED) is 0.723. The molecule has 0 aliphatic heterocycles. The number of rotatable bonds is 4. The molecule has 1 aromatic heterocycles. The molecule has 1 amide bonds. The molecule has 0 fully saturated rings. The van der Waals surface area contributed by atoms with Crippen LogP contribution in [0.3, 0.4) is 0 Å². The Bertz CT molecular complexity index is 482. The summed E-state index contributed by atoms with van der Waals surface area (Å²) in [5.41, 5.74) is 3.20. The number of carbonyl (C=O) groups is 1. The lowest BCUT2D eigenvalue weighted by Crippen LogP contribution is -2.26. The van der Waals surface area contributed by atoms with E-state index in [2.05, 4.69) is 4.98 Å². The molecule has 0 spiro atoms. The lowest BCUT2D eigenvalue weighted by atomic mass is 10.0. The maximum atomic E-state index is 12.5. The number of aliphatic hydroxyl groups excluding tert-OH is 2. The maximum Gasteiger partial charge on any atom is 0.433 e. The summed E-state index contributed by atoms with van der Waals surface area (Å²) in [4.78, 5) is 13.6. The molecule has 1 aromatic rings. The van der Waals surface area contributed by atoms with Crippen LogP contribution in [0.25, 0.3) is 0 Å². The van der Waals surface area contributed by atoms with Crippen molar-refractivity contribution in [3.8, 4) is 0 Å². The van der Waals surface area contributed by atoms with Crippen LogP contribution in [0, 0.1) is 0 Å². The van der Waals surface area contributed by atoms with Crippen LogP contribution in [0.5, 0.6) is 0 Å². The first-order valence-corrected chi connectivity index (χ1v) is 5.38. The van der Waals surface area contributed by atoms with Crippen LogP contribution >= 0.6 is 11.6 Å². The summed E-state index contributed by atoms with van der Waals surface area (Å²) >= 11 is 5.42. The number of amides is 1. The summed E-state index contributed by atoms with van der Waals surface area (Å²) in [5, 5.41) is 18.6. The first-order chi connectivity index (χ1) is 8.61. The fourth-order valence-electron chi connectivity index (χ4n) is 1.37. The van der Waals surface area contributed by atoms with Crippen molar-refractivity contribution in [2.45, 2.75) is 24.8 Å². The monoisotopic (exact) mass is 298 g/mol. The normalized spacial score (nSPS) is 15.1. The van der Waals surface area contributed by atoms with Crippen molar-refractivity contribution < 1.29 is 28.2 Å². The molecule has 0 bridgehead atoms. The highest BCUT2D eigenvalue weighted by molar-refractivity contribution is 6.29. The van der Waals surface area contributed by atoms with Gasteiger partial charge in [-0.25, -0.2) is 4.98 Å². The van der Waals surface area contributed by atoms with Gasteiger partial charge in [-0.1, -0.05) is 11.6 Å². The highest BCUT2D eigenvalue weighted by Gasteiger charge is 2.34. The van der Waals surface area contributed by atoms with Crippen LogP contribution in [0.2, 0.25) is 5.15 Å². The number of nitrogens with two attached hydrogens (primary N) is 1. The number of aliphatic hydroxyl groups is 2. The number of hydrogen-bond acceptors (Lipinski definition) is 4. The molecule has 0 radical (unpaired) electrons. The van der Waals surface area contributed by atoms with Gasteiger partial charge >= 0.3 is 6.18 Å². The standard InChI is InChI=1S/C10H10ClF3N2O3/c11-7-2-4(1-6(16-7)10(12,13)14)9(19)5(17)3-8(15)18/h1-2,5,9,17,19H,3H2,(H2,15,18). The van der Waals surface area contributed by atoms with Gasteiger partial charge in [0.05, 0.1) is 12.5 Å². The zero-order valence-corrected chi connectivity index (χ0v) is 10.1. The van der Waals surface area contributed by atoms with Crippen LogP contribution in [0.15, 0.2) is 12.1 Å². The summed E-state index contributed by atoms with van der Waals surface area (Å²) < 4.78 is 37.4. The Morgan fingerprint density at radius 1 is 1.42 bits per heavy atom. The van der Waals surface area contributed by atoms with Crippen LogP contribution in [0.4, 0.5) is 13.2 Å². The van der Waals surface area contributed by atoms with Gasteiger partial charge in [-0.3, -0.25) is 4.79 Å². The molecule has 9 heteroatoms. The summed E-state index contributed by atoms with van der Waals surface area (Å²) in [5.74, 6) is -0.900. The molecule has 2 atom stereocenters. The van der Waals surface area contributed by atoms with Crippen LogP contribution in [-0.4, -0.2) is 27.2 Å². The van der Waals surface area contributed by atoms with Crippen molar-refractivity contribution in [1.82, 2.24) is 4.98 Å². The summed E-state index contributed by atoms with van der Waals surface area (Å²) in [6.45, 7) is 0. The van der Waals surface area contributed by atoms with Crippen molar-refractivity contribution in [2.24, 2.45) is 5.73 Å². The molecule has 106 valence electrons. The lowest BCUT2D eigenvalue weighted by Gasteiger charge is -2.18. The van der Waals surface area contributed by atoms with Gasteiger partial charge in [-0.05, 0) is 17.7 Å². The van der Waals surface area contributed by atoms with E-state index >= 15 is 0 Å². The van der Waals surface area contributed by atoms with E-state index in [1.807, 2.05) is 0 Å². The van der Waals surface area contributed by atoms with Crippen LogP contribution in [-0.2, 0) is 11.0 Å². The third kappa shape index (κ3) is 4.34. The third-order valence-electron chi connectivity index (χ3n) is 2.22. The van der Waals surface area contributed by atoms with Gasteiger partial charge in [0.2, 0.25) is 5.91 Å². The first kappa shape index (κ1) is 15.7. The van der Waals surface area contributed by atoms with Crippen molar-refractivity contribution in [3.05, 3.63) is 28.5 Å². The fraction of sp³-hybridized carbons (Fsp3) is 0.400. The largest absolute Gasteiger partial charge is 0.433 e. The Hall–Kier alpha value is -1.38. The van der Waals surface area contributed by atoms with Gasteiger partial charge in [0.25, 0.3) is 0 Å². The van der Waals surface area contributed by atoms with Gasteiger partial charge in [0.1, 0.15) is 17.0 Å². The van der Waals surface area contributed by atoms with E-state index in [1.54, 1.807) is 0 Å². The van der Waals surface area contributed by atoms with E-state index in [0.29, 0.717) is 6.07 Å². The number of halogens is 4. The predicted molar refractivity (Wildman–Crippen MR) is 59.0 cm³/mol. The number of primary amides is 1. The SMILES string of the molecule is NC(=O)CC(O)C(O)c1cc(Cl)nc(C(F)(F)F)c1. The molecule has 19 heavy (non-hydrogen) atoms. The molecule has 0 saturated heterocycles. The number of pyridine rings is 1. The van der Waals surface area contributed by atoms with Gasteiger partial charge in [-0.2, -0.15) is 13.2 Å². The third-order valence-corrected chi connectivity index (χ3v) is 2.42. The average molecular weight is 299 g/mol. The van der Waals surface area contributed by atoms with E-state index in [1.165, 1.54) is 0 Å². The van der Waals surface area contributed by atoms with E-state index < -0.39 is 41.6 Å². The number of aromatic nitrogens is 1. The van der Waals surface area contributed by atoms with E-state index in [-0.39, 0.29) is 5.56 Å². The number of carbonyl (C=O) groups excluding carboxylic acids is 1.